The maximum absolute atomic E-state index is 12.2. The van der Waals surface area contributed by atoms with Gasteiger partial charge in [0, 0.05) is 74.5 Å². The molecule has 3 aromatic rings. The summed E-state index contributed by atoms with van der Waals surface area (Å²) in [6, 6.07) is 14.6. The second-order valence-electron chi connectivity index (χ2n) is 15.5. The fourth-order valence-corrected chi connectivity index (χ4v) is 7.86. The standard InChI is InChI=1S/C44H56N6O14/c1-28-39-37(27-62-43(64-39)29-11-5-3-6-12-29)63-44(57-2)40(28)61-20-10-19-60-36-26-31(42(46)52)24-34(50(55)56)38(36)47-14-8-4-7-13-32-33(49(53)54)23-30(41(45)51)25-35(32)59-18-9-15-48-16-21-58-22-17-48/h3-6,8,11-12,23-26,28,37,39-40,43-44,47H,7,9-10,13-22,27H2,1-2H3,(H2,45,51)(H2,46,52)/b8-4+/t28-,37+,39-,40+,43?,44-/m0/s1. The highest BCUT2D eigenvalue weighted by atomic mass is 16.8. The number of nitrogens with zero attached hydrogens (tertiary/aromatic N) is 3. The Kier molecular flexibility index (Phi) is 17.4. The minimum atomic E-state index is -0.874. The lowest BCUT2D eigenvalue weighted by Gasteiger charge is -2.48. The van der Waals surface area contributed by atoms with Gasteiger partial charge in [-0.2, -0.15) is 0 Å². The van der Waals surface area contributed by atoms with Crippen LogP contribution >= 0.6 is 0 Å². The molecule has 3 aromatic carbocycles. The summed E-state index contributed by atoms with van der Waals surface area (Å²) in [5.41, 5.74) is 11.4. The maximum atomic E-state index is 12.2. The summed E-state index contributed by atoms with van der Waals surface area (Å²) in [4.78, 5) is 49.6. The predicted molar refractivity (Wildman–Crippen MR) is 231 cm³/mol. The molecule has 3 saturated heterocycles. The van der Waals surface area contributed by atoms with Gasteiger partial charge in [0.15, 0.2) is 18.3 Å². The number of hydrogen-bond acceptors (Lipinski definition) is 16. The molecule has 20 nitrogen and oxygen atoms in total. The van der Waals surface area contributed by atoms with Gasteiger partial charge in [-0.25, -0.2) is 0 Å². The summed E-state index contributed by atoms with van der Waals surface area (Å²) < 4.78 is 47.8. The third kappa shape index (κ3) is 12.5. The topological polar surface area (TPSA) is 262 Å². The van der Waals surface area contributed by atoms with Crippen molar-refractivity contribution >= 4 is 28.9 Å². The second kappa shape index (κ2) is 23.3. The molecule has 6 rings (SSSR count). The van der Waals surface area contributed by atoms with E-state index in [-0.39, 0.29) is 84.9 Å². The van der Waals surface area contributed by atoms with E-state index in [1.54, 1.807) is 12.2 Å². The number of fused-ring (bicyclic) bond motifs is 1. The van der Waals surface area contributed by atoms with E-state index in [9.17, 15) is 29.8 Å². The molecule has 346 valence electrons. The van der Waals surface area contributed by atoms with Crippen molar-refractivity contribution < 1.29 is 57.3 Å². The molecule has 0 bridgehead atoms. The molecule has 0 aliphatic carbocycles. The number of ether oxygens (including phenoxy) is 8. The van der Waals surface area contributed by atoms with E-state index in [0.29, 0.717) is 44.6 Å². The summed E-state index contributed by atoms with van der Waals surface area (Å²) in [5.74, 6) is -1.60. The van der Waals surface area contributed by atoms with Gasteiger partial charge >= 0.3 is 0 Å². The lowest BCUT2D eigenvalue weighted by Crippen LogP contribution is -2.59. The van der Waals surface area contributed by atoms with Crippen molar-refractivity contribution in [3.05, 3.63) is 109 Å². The van der Waals surface area contributed by atoms with Crippen LogP contribution in [0.3, 0.4) is 0 Å². The lowest BCUT2D eigenvalue weighted by molar-refractivity contribution is -0.385. The molecule has 0 saturated carbocycles. The number of hydrogen-bond donors (Lipinski definition) is 3. The Hall–Kier alpha value is -5.74. The molecular formula is C44H56N6O14. The number of anilines is 1. The second-order valence-corrected chi connectivity index (χ2v) is 15.5. The van der Waals surface area contributed by atoms with Crippen LogP contribution in [0.15, 0.2) is 66.7 Å². The quantitative estimate of drug-likeness (QED) is 0.0505. The largest absolute Gasteiger partial charge is 0.493 e. The molecule has 2 amide bonds. The predicted octanol–water partition coefficient (Wildman–Crippen LogP) is 4.68. The smallest absolute Gasteiger partial charge is 0.296 e. The number of carbonyl (C=O) groups excluding carboxylic acids is 2. The summed E-state index contributed by atoms with van der Waals surface area (Å²) in [5, 5.41) is 27.3. The summed E-state index contributed by atoms with van der Waals surface area (Å²) in [6.07, 6.45) is 2.55. The molecule has 0 spiro atoms. The van der Waals surface area contributed by atoms with Crippen molar-refractivity contribution in [1.82, 2.24) is 4.90 Å². The van der Waals surface area contributed by atoms with Gasteiger partial charge in [0.05, 0.1) is 61.2 Å². The van der Waals surface area contributed by atoms with Crippen LogP contribution in [0.2, 0.25) is 0 Å². The number of methoxy groups -OCH3 is 1. The number of nitro groups is 2. The Bertz CT molecular complexity index is 2100. The zero-order valence-electron chi connectivity index (χ0n) is 35.9. The number of morpholine rings is 1. The number of primary amides is 2. The van der Waals surface area contributed by atoms with Gasteiger partial charge in [-0.05, 0) is 31.4 Å². The fourth-order valence-electron chi connectivity index (χ4n) is 7.86. The summed E-state index contributed by atoms with van der Waals surface area (Å²) in [6.45, 7) is 6.63. The van der Waals surface area contributed by atoms with Crippen LogP contribution in [0.4, 0.5) is 17.1 Å². The van der Waals surface area contributed by atoms with Gasteiger partial charge in [-0.1, -0.05) is 49.4 Å². The normalized spacial score (nSPS) is 22.4. The molecule has 1 unspecified atom stereocenters. The maximum Gasteiger partial charge on any atom is 0.296 e. The van der Waals surface area contributed by atoms with Gasteiger partial charge in [0.25, 0.3) is 11.4 Å². The number of carbonyl (C=O) groups is 2. The van der Waals surface area contributed by atoms with Crippen LogP contribution in [-0.4, -0.2) is 124 Å². The molecule has 3 fully saturated rings. The number of nitrogens with one attached hydrogen (secondary N) is 1. The Morgan fingerprint density at radius 1 is 0.891 bits per heavy atom. The first kappa shape index (κ1) is 47.7. The third-order valence-electron chi connectivity index (χ3n) is 11.2. The first-order valence-electron chi connectivity index (χ1n) is 21.2. The zero-order valence-corrected chi connectivity index (χ0v) is 35.9. The molecule has 6 atom stereocenters. The van der Waals surface area contributed by atoms with Crippen molar-refractivity contribution in [2.24, 2.45) is 17.4 Å². The molecule has 3 aliphatic rings. The molecule has 3 heterocycles. The Balaban J connectivity index is 1.06. The monoisotopic (exact) mass is 892 g/mol. The minimum absolute atomic E-state index is 0.0236. The van der Waals surface area contributed by atoms with Crippen LogP contribution in [0.1, 0.15) is 64.3 Å². The highest BCUT2D eigenvalue weighted by Gasteiger charge is 2.48. The van der Waals surface area contributed by atoms with Crippen molar-refractivity contribution in [2.75, 3.05) is 78.2 Å². The fraction of sp³-hybridized carbons (Fsp3) is 0.500. The SMILES string of the molecule is CO[C@H]1O[C@@H]2COC(c3ccccc3)O[C@H]2[C@H](C)[C@H]1OCCCOc1cc(C(N)=O)cc([N+](=O)[O-])c1NC/C=C/CCc1c(OCCCN2CCOCC2)cc(C(N)=O)cc1[N+](=O)[O-]. The number of amides is 2. The van der Waals surface area contributed by atoms with E-state index in [1.807, 2.05) is 37.3 Å². The third-order valence-corrected chi connectivity index (χ3v) is 11.2. The van der Waals surface area contributed by atoms with Crippen LogP contribution in [0.5, 0.6) is 11.5 Å². The van der Waals surface area contributed by atoms with Crippen LogP contribution in [0, 0.1) is 26.1 Å². The number of rotatable bonds is 23. The number of benzene rings is 3. The summed E-state index contributed by atoms with van der Waals surface area (Å²) >= 11 is 0. The van der Waals surface area contributed by atoms with Gasteiger partial charge in [-0.3, -0.25) is 34.7 Å². The number of nitrogens with two attached hydrogens (primary N) is 2. The highest BCUT2D eigenvalue weighted by Crippen LogP contribution is 2.39. The average Bonchev–Trinajstić information content (AvgIpc) is 3.29. The Labute approximate surface area is 370 Å². The highest BCUT2D eigenvalue weighted by molar-refractivity contribution is 5.96. The van der Waals surface area contributed by atoms with Crippen LogP contribution in [0.25, 0.3) is 0 Å². The first-order valence-corrected chi connectivity index (χ1v) is 21.2. The Morgan fingerprint density at radius 3 is 2.25 bits per heavy atom. The number of nitro benzene ring substituents is 2. The molecule has 5 N–H and O–H groups in total. The molecule has 20 heteroatoms. The van der Waals surface area contributed by atoms with E-state index in [4.69, 9.17) is 49.4 Å². The van der Waals surface area contributed by atoms with E-state index in [1.165, 1.54) is 19.2 Å². The first-order chi connectivity index (χ1) is 30.9. The van der Waals surface area contributed by atoms with Crippen molar-refractivity contribution in [3.8, 4) is 11.5 Å². The van der Waals surface area contributed by atoms with E-state index < -0.39 is 46.0 Å². The van der Waals surface area contributed by atoms with Gasteiger partial charge < -0.3 is 54.7 Å². The molecular weight excluding hydrogens is 837 g/mol. The number of allylic oxidation sites excluding steroid dienone is 1. The van der Waals surface area contributed by atoms with E-state index in [0.717, 1.165) is 37.3 Å². The van der Waals surface area contributed by atoms with E-state index in [2.05, 4.69) is 10.2 Å². The Morgan fingerprint density at radius 2 is 1.56 bits per heavy atom. The van der Waals surface area contributed by atoms with E-state index >= 15 is 0 Å². The van der Waals surface area contributed by atoms with Crippen LogP contribution < -0.4 is 26.3 Å². The summed E-state index contributed by atoms with van der Waals surface area (Å²) in [7, 11) is 1.54. The van der Waals surface area contributed by atoms with Crippen molar-refractivity contribution in [1.29, 1.82) is 0 Å². The molecule has 3 aliphatic heterocycles. The lowest BCUT2D eigenvalue weighted by atomic mass is 9.89. The van der Waals surface area contributed by atoms with Gasteiger partial charge in [-0.15, -0.1) is 0 Å². The minimum Gasteiger partial charge on any atom is -0.493 e. The van der Waals surface area contributed by atoms with Gasteiger partial charge in [0.2, 0.25) is 11.8 Å². The van der Waals surface area contributed by atoms with Gasteiger partial charge in [0.1, 0.15) is 23.7 Å². The van der Waals surface area contributed by atoms with Crippen molar-refractivity contribution in [3.63, 3.8) is 0 Å². The van der Waals surface area contributed by atoms with Crippen LogP contribution in [-0.2, 0) is 34.8 Å². The molecule has 0 radical (unpaired) electrons. The molecule has 0 aromatic heterocycles. The average molecular weight is 893 g/mol. The molecule has 64 heavy (non-hydrogen) atoms. The van der Waals surface area contributed by atoms with Crippen molar-refractivity contribution in [2.45, 2.75) is 63.5 Å². The zero-order chi connectivity index (χ0) is 45.6.